The fourth-order valence-corrected chi connectivity index (χ4v) is 2.39. The molecule has 0 amide bonds. The third-order valence-corrected chi connectivity index (χ3v) is 3.30. The third-order valence-electron chi connectivity index (χ3n) is 3.30. The molecule has 14 heavy (non-hydrogen) atoms. The Kier molecular flexibility index (Phi) is 2.76. The summed E-state index contributed by atoms with van der Waals surface area (Å²) in [6.07, 6.45) is 6.20. The molecule has 76 valence electrons. The fourth-order valence-electron chi connectivity index (χ4n) is 2.39. The average Bonchev–Trinajstić information content (AvgIpc) is 2.71. The van der Waals surface area contributed by atoms with E-state index in [4.69, 9.17) is 0 Å². The van der Waals surface area contributed by atoms with Crippen LogP contribution < -0.4 is 0 Å². The molecule has 2 rings (SSSR count). The first kappa shape index (κ1) is 9.57. The minimum Gasteiger partial charge on any atom is -0.508 e. The first-order chi connectivity index (χ1) is 6.81. The van der Waals surface area contributed by atoms with Crippen LogP contribution in [0.4, 0.5) is 0 Å². The largest absolute Gasteiger partial charge is 0.508 e. The highest BCUT2D eigenvalue weighted by molar-refractivity contribution is 5.39. The molecular weight excluding hydrogens is 172 g/mol. The second kappa shape index (κ2) is 4.04. The summed E-state index contributed by atoms with van der Waals surface area (Å²) in [5, 5.41) is 9.79. The monoisotopic (exact) mass is 190 g/mol. The van der Waals surface area contributed by atoms with Crippen LogP contribution in [0.2, 0.25) is 0 Å². The van der Waals surface area contributed by atoms with Crippen molar-refractivity contribution in [3.8, 4) is 5.75 Å². The molecule has 1 N–H and O–H groups in total. The number of hydrogen-bond donors (Lipinski definition) is 1. The first-order valence-electron chi connectivity index (χ1n) is 5.63. The van der Waals surface area contributed by atoms with Crippen molar-refractivity contribution in [3.05, 3.63) is 29.3 Å². The van der Waals surface area contributed by atoms with Gasteiger partial charge in [-0.1, -0.05) is 31.9 Å². The SMILES string of the molecule is CCc1ccc(O)c(C2CCCC2)c1. The number of hydrogen-bond acceptors (Lipinski definition) is 1. The van der Waals surface area contributed by atoms with Gasteiger partial charge in [0.1, 0.15) is 5.75 Å². The van der Waals surface area contributed by atoms with Gasteiger partial charge in [0.15, 0.2) is 0 Å². The molecule has 1 aromatic carbocycles. The summed E-state index contributed by atoms with van der Waals surface area (Å²) in [6, 6.07) is 6.06. The molecule has 0 heterocycles. The van der Waals surface area contributed by atoms with E-state index in [1.165, 1.54) is 36.8 Å². The van der Waals surface area contributed by atoms with Crippen LogP contribution in [-0.4, -0.2) is 5.11 Å². The number of phenolic OH excluding ortho intramolecular Hbond substituents is 1. The highest BCUT2D eigenvalue weighted by atomic mass is 16.3. The Bertz CT molecular complexity index is 311. The predicted molar refractivity (Wildman–Crippen MR) is 58.7 cm³/mol. The molecule has 0 radical (unpaired) electrons. The molecule has 0 atom stereocenters. The number of aryl methyl sites for hydroxylation is 1. The second-order valence-electron chi connectivity index (χ2n) is 4.23. The average molecular weight is 190 g/mol. The van der Waals surface area contributed by atoms with E-state index in [1.807, 2.05) is 12.1 Å². The Hall–Kier alpha value is -0.980. The number of rotatable bonds is 2. The Balaban J connectivity index is 2.29. The van der Waals surface area contributed by atoms with E-state index in [0.717, 1.165) is 6.42 Å². The second-order valence-corrected chi connectivity index (χ2v) is 4.23. The molecule has 0 aromatic heterocycles. The lowest BCUT2D eigenvalue weighted by molar-refractivity contribution is 0.460. The summed E-state index contributed by atoms with van der Waals surface area (Å²) in [5.74, 6) is 1.11. The van der Waals surface area contributed by atoms with Crippen LogP contribution >= 0.6 is 0 Å². The maximum absolute atomic E-state index is 9.79. The molecular formula is C13H18O. The van der Waals surface area contributed by atoms with Gasteiger partial charge in [-0.2, -0.15) is 0 Å². The maximum Gasteiger partial charge on any atom is 0.119 e. The van der Waals surface area contributed by atoms with Crippen LogP contribution in [0.3, 0.4) is 0 Å². The smallest absolute Gasteiger partial charge is 0.119 e. The van der Waals surface area contributed by atoms with Crippen molar-refractivity contribution in [2.24, 2.45) is 0 Å². The van der Waals surface area contributed by atoms with E-state index < -0.39 is 0 Å². The number of aromatic hydroxyl groups is 1. The van der Waals surface area contributed by atoms with Crippen LogP contribution in [0.25, 0.3) is 0 Å². The van der Waals surface area contributed by atoms with Crippen molar-refractivity contribution >= 4 is 0 Å². The zero-order valence-electron chi connectivity index (χ0n) is 8.79. The van der Waals surface area contributed by atoms with Crippen molar-refractivity contribution < 1.29 is 5.11 Å². The standard InChI is InChI=1S/C13H18O/c1-2-10-7-8-13(14)12(9-10)11-5-3-4-6-11/h7-9,11,14H,2-6H2,1H3. The van der Waals surface area contributed by atoms with Crippen molar-refractivity contribution in [3.63, 3.8) is 0 Å². The molecule has 0 aliphatic heterocycles. The zero-order valence-corrected chi connectivity index (χ0v) is 8.79. The number of phenols is 1. The van der Waals surface area contributed by atoms with Crippen molar-refractivity contribution in [2.45, 2.75) is 44.9 Å². The molecule has 0 spiro atoms. The van der Waals surface area contributed by atoms with E-state index in [9.17, 15) is 5.11 Å². The van der Waals surface area contributed by atoms with Gasteiger partial charge >= 0.3 is 0 Å². The maximum atomic E-state index is 9.79. The molecule has 1 nitrogen and oxygen atoms in total. The summed E-state index contributed by atoms with van der Waals surface area (Å²) in [4.78, 5) is 0. The topological polar surface area (TPSA) is 20.2 Å². The summed E-state index contributed by atoms with van der Waals surface area (Å²) in [6.45, 7) is 2.16. The van der Waals surface area contributed by atoms with E-state index in [1.54, 1.807) is 0 Å². The summed E-state index contributed by atoms with van der Waals surface area (Å²) >= 11 is 0. The van der Waals surface area contributed by atoms with E-state index in [-0.39, 0.29) is 0 Å². The summed E-state index contributed by atoms with van der Waals surface area (Å²) in [5.41, 5.74) is 2.52. The quantitative estimate of drug-likeness (QED) is 0.755. The van der Waals surface area contributed by atoms with E-state index in [0.29, 0.717) is 11.7 Å². The lowest BCUT2D eigenvalue weighted by atomic mass is 9.94. The minimum atomic E-state index is 0.495. The van der Waals surface area contributed by atoms with Gasteiger partial charge in [0.05, 0.1) is 0 Å². The van der Waals surface area contributed by atoms with Crippen LogP contribution in [0.1, 0.15) is 49.7 Å². The first-order valence-corrected chi connectivity index (χ1v) is 5.63. The van der Waals surface area contributed by atoms with E-state index >= 15 is 0 Å². The molecule has 1 saturated carbocycles. The molecule has 1 aromatic rings. The normalized spacial score (nSPS) is 17.5. The molecule has 1 aliphatic carbocycles. The molecule has 0 bridgehead atoms. The van der Waals surface area contributed by atoms with Gasteiger partial charge in [0, 0.05) is 0 Å². The predicted octanol–water partition coefficient (Wildman–Crippen LogP) is 3.61. The van der Waals surface area contributed by atoms with Crippen LogP contribution in [0, 0.1) is 0 Å². The highest BCUT2D eigenvalue weighted by Gasteiger charge is 2.19. The molecule has 1 aliphatic rings. The van der Waals surface area contributed by atoms with Crippen molar-refractivity contribution in [1.29, 1.82) is 0 Å². The van der Waals surface area contributed by atoms with Crippen molar-refractivity contribution in [1.82, 2.24) is 0 Å². The van der Waals surface area contributed by atoms with Crippen LogP contribution in [-0.2, 0) is 6.42 Å². The van der Waals surface area contributed by atoms with Gasteiger partial charge in [-0.25, -0.2) is 0 Å². The lowest BCUT2D eigenvalue weighted by Gasteiger charge is -2.12. The minimum absolute atomic E-state index is 0.495. The molecule has 0 saturated heterocycles. The zero-order chi connectivity index (χ0) is 9.97. The van der Waals surface area contributed by atoms with Gasteiger partial charge in [0.25, 0.3) is 0 Å². The fraction of sp³-hybridized carbons (Fsp3) is 0.538. The van der Waals surface area contributed by atoms with Gasteiger partial charge in [-0.15, -0.1) is 0 Å². The van der Waals surface area contributed by atoms with E-state index in [2.05, 4.69) is 13.0 Å². The molecule has 1 fully saturated rings. The van der Waals surface area contributed by atoms with Gasteiger partial charge in [-0.3, -0.25) is 0 Å². The van der Waals surface area contributed by atoms with Gasteiger partial charge in [-0.05, 0) is 42.4 Å². The summed E-state index contributed by atoms with van der Waals surface area (Å²) < 4.78 is 0. The third kappa shape index (κ3) is 1.77. The summed E-state index contributed by atoms with van der Waals surface area (Å²) in [7, 11) is 0. The Labute approximate surface area is 85.8 Å². The highest BCUT2D eigenvalue weighted by Crippen LogP contribution is 2.38. The number of benzene rings is 1. The molecule has 0 unspecified atom stereocenters. The van der Waals surface area contributed by atoms with Gasteiger partial charge < -0.3 is 5.11 Å². The van der Waals surface area contributed by atoms with Crippen molar-refractivity contribution in [2.75, 3.05) is 0 Å². The lowest BCUT2D eigenvalue weighted by Crippen LogP contribution is -1.94. The Morgan fingerprint density at radius 2 is 2.00 bits per heavy atom. The van der Waals surface area contributed by atoms with Gasteiger partial charge in [0.2, 0.25) is 0 Å². The van der Waals surface area contributed by atoms with Crippen LogP contribution in [0.5, 0.6) is 5.75 Å². The Morgan fingerprint density at radius 3 is 2.64 bits per heavy atom. The Morgan fingerprint density at radius 1 is 1.29 bits per heavy atom. The molecule has 1 heteroatoms. The van der Waals surface area contributed by atoms with Crippen LogP contribution in [0.15, 0.2) is 18.2 Å².